The number of hydrogen-bond acceptors (Lipinski definition) is 6. The maximum atomic E-state index is 13.6. The van der Waals surface area contributed by atoms with Gasteiger partial charge in [0, 0.05) is 19.0 Å². The predicted molar refractivity (Wildman–Crippen MR) is 148 cm³/mol. The van der Waals surface area contributed by atoms with Gasteiger partial charge in [0.2, 0.25) is 5.72 Å². The van der Waals surface area contributed by atoms with Gasteiger partial charge in [-0.3, -0.25) is 0 Å². The minimum Gasteiger partial charge on any atom is -0.438 e. The smallest absolute Gasteiger partial charge is 0.438 e. The van der Waals surface area contributed by atoms with Crippen molar-refractivity contribution in [3.8, 4) is 0 Å². The van der Waals surface area contributed by atoms with Crippen molar-refractivity contribution in [3.05, 3.63) is 71.5 Å². The zero-order valence-corrected chi connectivity index (χ0v) is 23.2. The first-order valence-electron chi connectivity index (χ1n) is 13.9. The van der Waals surface area contributed by atoms with E-state index in [4.69, 9.17) is 14.5 Å². The number of halogens is 1. The number of nitrogens with zero attached hydrogens (tertiary/aromatic N) is 3. The first-order valence-corrected chi connectivity index (χ1v) is 13.9. The van der Waals surface area contributed by atoms with Crippen molar-refractivity contribution in [2.45, 2.75) is 76.2 Å². The topological polar surface area (TPSA) is 54.4 Å². The lowest BCUT2D eigenvalue weighted by Crippen LogP contribution is -2.49. The molecule has 4 rings (SSSR count). The predicted octanol–water partition coefficient (Wildman–Crippen LogP) is 6.82. The number of ether oxygens (including phenoxy) is 2. The van der Waals surface area contributed by atoms with Crippen molar-refractivity contribution in [1.29, 1.82) is 0 Å². The van der Waals surface area contributed by atoms with Crippen LogP contribution >= 0.6 is 0 Å². The van der Waals surface area contributed by atoms with E-state index in [1.165, 1.54) is 18.2 Å². The average Bonchev–Trinajstić information content (AvgIpc) is 3.22. The summed E-state index contributed by atoms with van der Waals surface area (Å²) in [6.45, 7) is 2.81. The molecule has 1 fully saturated rings. The highest BCUT2D eigenvalue weighted by Crippen LogP contribution is 2.44. The van der Waals surface area contributed by atoms with Crippen LogP contribution in [0.1, 0.15) is 69.0 Å². The van der Waals surface area contributed by atoms with Gasteiger partial charge < -0.3 is 19.3 Å². The molecule has 2 aromatic rings. The van der Waals surface area contributed by atoms with Crippen LogP contribution < -0.4 is 0 Å². The Morgan fingerprint density at radius 1 is 1.11 bits per heavy atom. The van der Waals surface area contributed by atoms with Gasteiger partial charge in [0.15, 0.2) is 0 Å². The van der Waals surface area contributed by atoms with Gasteiger partial charge in [-0.05, 0) is 68.5 Å². The third-order valence-corrected chi connectivity index (χ3v) is 8.25. The zero-order valence-electron chi connectivity index (χ0n) is 23.2. The molecule has 1 aliphatic heterocycles. The van der Waals surface area contributed by atoms with Crippen LogP contribution in [0.15, 0.2) is 59.6 Å². The second-order valence-corrected chi connectivity index (χ2v) is 11.0. The first kappa shape index (κ1) is 28.1. The van der Waals surface area contributed by atoms with E-state index in [0.717, 1.165) is 38.5 Å². The van der Waals surface area contributed by atoms with Crippen molar-refractivity contribution in [3.63, 3.8) is 0 Å². The molecule has 1 aliphatic carbocycles. The molecule has 3 atom stereocenters. The number of rotatable bonds is 10. The Kier molecular flexibility index (Phi) is 9.42. The van der Waals surface area contributed by atoms with E-state index in [2.05, 4.69) is 43.0 Å². The van der Waals surface area contributed by atoms with Gasteiger partial charge in [0.25, 0.3) is 0 Å². The summed E-state index contributed by atoms with van der Waals surface area (Å²) in [5.74, 6) is 0.821. The van der Waals surface area contributed by atoms with Crippen LogP contribution in [0.5, 0.6) is 0 Å². The quantitative estimate of drug-likeness (QED) is 0.320. The minimum absolute atomic E-state index is 0.0509. The van der Waals surface area contributed by atoms with Crippen LogP contribution in [0.2, 0.25) is 0 Å². The molecule has 7 heteroatoms. The van der Waals surface area contributed by atoms with Crippen LogP contribution in [-0.2, 0) is 16.0 Å². The largest absolute Gasteiger partial charge is 0.510 e. The normalized spacial score (nSPS) is 25.9. The molecule has 2 aromatic carbocycles. The van der Waals surface area contributed by atoms with Crippen molar-refractivity contribution >= 4 is 12.5 Å². The summed E-state index contributed by atoms with van der Waals surface area (Å²) in [4.78, 5) is 21.7. The number of hydrogen-bond donors (Lipinski definition) is 0. The molecule has 0 aromatic heterocycles. The molecule has 3 unspecified atom stereocenters. The van der Waals surface area contributed by atoms with Gasteiger partial charge in [-0.25, -0.2) is 14.2 Å². The molecule has 0 amide bonds. The van der Waals surface area contributed by atoms with Crippen molar-refractivity contribution in [2.24, 2.45) is 16.8 Å². The number of benzene rings is 2. The van der Waals surface area contributed by atoms with E-state index >= 15 is 0 Å². The van der Waals surface area contributed by atoms with Crippen LogP contribution in [-0.4, -0.2) is 55.3 Å². The van der Waals surface area contributed by atoms with Gasteiger partial charge in [0.05, 0.1) is 19.5 Å². The van der Waals surface area contributed by atoms with Gasteiger partial charge in [-0.15, -0.1) is 0 Å². The SMILES string of the molecule is CCCC1(OC(=O)OC)N=CN(Cc2ccccc2)C1CC1CCC(C(c2ccc(F)cc2)N(C)C)CC1. The summed E-state index contributed by atoms with van der Waals surface area (Å²) in [6.07, 6.45) is 8.01. The van der Waals surface area contributed by atoms with Crippen LogP contribution in [0.25, 0.3) is 0 Å². The lowest BCUT2D eigenvalue weighted by molar-refractivity contribution is -0.0633. The van der Waals surface area contributed by atoms with Crippen molar-refractivity contribution in [1.82, 2.24) is 9.80 Å². The summed E-state index contributed by atoms with van der Waals surface area (Å²) in [6, 6.07) is 17.5. The molecule has 0 bridgehead atoms. The Bertz CT molecular complexity index is 1050. The van der Waals surface area contributed by atoms with E-state index in [1.54, 1.807) is 12.1 Å². The van der Waals surface area contributed by atoms with E-state index in [9.17, 15) is 9.18 Å². The monoisotopic (exact) mass is 523 g/mol. The molecule has 0 saturated heterocycles. The summed E-state index contributed by atoms with van der Waals surface area (Å²) >= 11 is 0. The van der Waals surface area contributed by atoms with Crippen LogP contribution in [0.4, 0.5) is 9.18 Å². The molecule has 206 valence electrons. The Labute approximate surface area is 226 Å². The van der Waals surface area contributed by atoms with Gasteiger partial charge >= 0.3 is 6.16 Å². The standard InChI is InChI=1S/C31H42FN3O3/c1-5-19-31(38-30(36)37-4)28(35(22-33-31)21-24-9-7-6-8-10-24)20-23-11-13-25(14-12-23)29(34(2)3)26-15-17-27(32)18-16-26/h6-10,15-18,22-23,25,28-29H,5,11-14,19-21H2,1-4H3. The van der Waals surface area contributed by atoms with E-state index in [1.807, 2.05) is 36.7 Å². The Morgan fingerprint density at radius 3 is 2.39 bits per heavy atom. The molecular formula is C31H42FN3O3. The maximum absolute atomic E-state index is 13.6. The fourth-order valence-electron chi connectivity index (χ4n) is 6.49. The highest BCUT2D eigenvalue weighted by molar-refractivity contribution is 5.64. The number of methoxy groups -OCH3 is 1. The van der Waals surface area contributed by atoms with Crippen molar-refractivity contribution in [2.75, 3.05) is 21.2 Å². The van der Waals surface area contributed by atoms with Gasteiger partial charge in [0.1, 0.15) is 5.82 Å². The molecule has 0 N–H and O–H groups in total. The second kappa shape index (κ2) is 12.7. The Balaban J connectivity index is 1.49. The molecule has 2 aliphatic rings. The third kappa shape index (κ3) is 6.55. The molecule has 6 nitrogen and oxygen atoms in total. The number of aliphatic imine (C=N–C) groups is 1. The fraction of sp³-hybridized carbons (Fsp3) is 0.548. The molecule has 38 heavy (non-hydrogen) atoms. The van der Waals surface area contributed by atoms with Crippen LogP contribution in [0.3, 0.4) is 0 Å². The Morgan fingerprint density at radius 2 is 1.79 bits per heavy atom. The highest BCUT2D eigenvalue weighted by atomic mass is 19.1. The molecule has 1 saturated carbocycles. The fourth-order valence-corrected chi connectivity index (χ4v) is 6.49. The summed E-state index contributed by atoms with van der Waals surface area (Å²) in [7, 11) is 5.57. The van der Waals surface area contributed by atoms with E-state index in [-0.39, 0.29) is 17.9 Å². The molecular weight excluding hydrogens is 481 g/mol. The number of carbonyl (C=O) groups excluding carboxylic acids is 1. The molecule has 0 radical (unpaired) electrons. The van der Waals surface area contributed by atoms with Crippen molar-refractivity contribution < 1.29 is 18.7 Å². The van der Waals surface area contributed by atoms with Gasteiger partial charge in [-0.2, -0.15) is 0 Å². The lowest BCUT2D eigenvalue weighted by Gasteiger charge is -2.41. The van der Waals surface area contributed by atoms with E-state index < -0.39 is 11.9 Å². The average molecular weight is 524 g/mol. The second-order valence-electron chi connectivity index (χ2n) is 11.0. The Hall–Kier alpha value is -2.93. The third-order valence-electron chi connectivity index (χ3n) is 8.25. The number of carbonyl (C=O) groups is 1. The summed E-state index contributed by atoms with van der Waals surface area (Å²) < 4.78 is 24.4. The maximum Gasteiger partial charge on any atom is 0.510 e. The lowest BCUT2D eigenvalue weighted by atomic mass is 9.73. The van der Waals surface area contributed by atoms with E-state index in [0.29, 0.717) is 24.8 Å². The first-order chi connectivity index (χ1) is 18.3. The molecule has 0 spiro atoms. The summed E-state index contributed by atoms with van der Waals surface area (Å²) in [5.41, 5.74) is 1.44. The highest BCUT2D eigenvalue weighted by Gasteiger charge is 2.49. The zero-order chi connectivity index (χ0) is 27.1. The van der Waals surface area contributed by atoms with Gasteiger partial charge in [-0.1, -0.05) is 68.7 Å². The van der Waals surface area contributed by atoms with Crippen LogP contribution in [0, 0.1) is 17.7 Å². The molecule has 1 heterocycles. The minimum atomic E-state index is -0.937. The summed E-state index contributed by atoms with van der Waals surface area (Å²) in [5, 5.41) is 0.